The van der Waals surface area contributed by atoms with Crippen LogP contribution in [-0.2, 0) is 0 Å². The van der Waals surface area contributed by atoms with E-state index in [2.05, 4.69) is 41.6 Å². The summed E-state index contributed by atoms with van der Waals surface area (Å²) in [5.41, 5.74) is 4.05. The van der Waals surface area contributed by atoms with E-state index in [0.717, 1.165) is 21.9 Å². The molecule has 1 atom stereocenters. The van der Waals surface area contributed by atoms with Crippen LogP contribution in [0.25, 0.3) is 0 Å². The maximum Gasteiger partial charge on any atom is 0.272 e. The minimum Gasteiger partial charge on any atom is -0.313 e. The van der Waals surface area contributed by atoms with Gasteiger partial charge in [-0.1, -0.05) is 54.6 Å². The van der Waals surface area contributed by atoms with E-state index in [0.29, 0.717) is 5.56 Å². The van der Waals surface area contributed by atoms with Crippen molar-refractivity contribution in [2.75, 3.05) is 10.6 Å². The summed E-state index contributed by atoms with van der Waals surface area (Å²) in [7, 11) is 0. The molecule has 2 aromatic carbocycles. The molecule has 0 radical (unpaired) electrons. The van der Waals surface area contributed by atoms with Gasteiger partial charge in [-0.25, -0.2) is 4.98 Å². The molecule has 0 unspecified atom stereocenters. The molecule has 0 aliphatic carbocycles. The van der Waals surface area contributed by atoms with Crippen LogP contribution >= 0.6 is 11.3 Å². The van der Waals surface area contributed by atoms with Gasteiger partial charge in [-0.05, 0) is 37.6 Å². The molecule has 150 valence electrons. The third kappa shape index (κ3) is 4.26. The van der Waals surface area contributed by atoms with Crippen LogP contribution in [0.1, 0.15) is 38.0 Å². The van der Waals surface area contributed by atoms with E-state index in [1.54, 1.807) is 11.3 Å². The van der Waals surface area contributed by atoms with Crippen molar-refractivity contribution in [3.8, 4) is 0 Å². The smallest absolute Gasteiger partial charge is 0.272 e. The molecule has 4 aromatic rings. The number of H-pyrrole nitrogens is 1. The quantitative estimate of drug-likeness (QED) is 0.429. The average molecular weight is 415 g/mol. The molecule has 0 saturated carbocycles. The monoisotopic (exact) mass is 414 g/mol. The average Bonchev–Trinajstić information content (AvgIpc) is 3.07. The fraction of sp³-hybridized carbons (Fsp3) is 0.120. The minimum absolute atomic E-state index is 0.101. The van der Waals surface area contributed by atoms with Crippen molar-refractivity contribution < 1.29 is 9.78 Å². The van der Waals surface area contributed by atoms with Crippen LogP contribution in [-0.4, -0.2) is 5.91 Å². The van der Waals surface area contributed by atoms with Crippen LogP contribution in [0.15, 0.2) is 85.1 Å². The predicted molar refractivity (Wildman–Crippen MR) is 123 cm³/mol. The topological polar surface area (TPSA) is 55.3 Å². The molecule has 5 heteroatoms. The maximum absolute atomic E-state index is 12.9. The van der Waals surface area contributed by atoms with Crippen molar-refractivity contribution in [2.24, 2.45) is 0 Å². The minimum atomic E-state index is -0.110. The number of pyridine rings is 1. The second-order valence-corrected chi connectivity index (χ2v) is 8.34. The number of thiophene rings is 1. The largest absolute Gasteiger partial charge is 0.313 e. The number of hydrogen-bond acceptors (Lipinski definition) is 3. The number of aromatic amines is 1. The van der Waals surface area contributed by atoms with Gasteiger partial charge in [0.15, 0.2) is 0 Å². The van der Waals surface area contributed by atoms with Gasteiger partial charge >= 0.3 is 0 Å². The highest BCUT2D eigenvalue weighted by atomic mass is 32.1. The highest BCUT2D eigenvalue weighted by Crippen LogP contribution is 2.40. The summed E-state index contributed by atoms with van der Waals surface area (Å²) < 4.78 is 0. The molecule has 0 fully saturated rings. The molecule has 30 heavy (non-hydrogen) atoms. The molecule has 0 bridgehead atoms. The first-order valence-corrected chi connectivity index (χ1v) is 10.7. The first kappa shape index (κ1) is 19.9. The van der Waals surface area contributed by atoms with Gasteiger partial charge < -0.3 is 5.32 Å². The summed E-state index contributed by atoms with van der Waals surface area (Å²) in [5, 5.41) is 7.64. The summed E-state index contributed by atoms with van der Waals surface area (Å²) in [5.74, 6) is 0.811. The Hall–Kier alpha value is -3.44. The third-order valence-electron chi connectivity index (χ3n) is 5.13. The number of aryl methyl sites for hydroxylation is 1. The number of anilines is 2. The normalized spacial score (nSPS) is 11.7. The van der Waals surface area contributed by atoms with Gasteiger partial charge in [0, 0.05) is 27.6 Å². The Bertz CT molecular complexity index is 1130. The van der Waals surface area contributed by atoms with Crippen LogP contribution in [0, 0.1) is 13.8 Å². The first-order chi connectivity index (χ1) is 14.6. The Kier molecular flexibility index (Phi) is 5.91. The molecule has 3 N–H and O–H groups in total. The molecule has 0 saturated heterocycles. The summed E-state index contributed by atoms with van der Waals surface area (Å²) in [4.78, 5) is 17.3. The maximum atomic E-state index is 12.9. The lowest BCUT2D eigenvalue weighted by Gasteiger charge is -2.18. The van der Waals surface area contributed by atoms with Crippen LogP contribution in [0.2, 0.25) is 0 Å². The van der Waals surface area contributed by atoms with Crippen molar-refractivity contribution in [2.45, 2.75) is 19.9 Å². The van der Waals surface area contributed by atoms with E-state index in [1.165, 1.54) is 10.4 Å². The summed E-state index contributed by atoms with van der Waals surface area (Å²) in [6, 6.07) is 25.5. The lowest BCUT2D eigenvalue weighted by atomic mass is 9.96. The molecule has 2 heterocycles. The van der Waals surface area contributed by atoms with Gasteiger partial charge in [-0.3, -0.25) is 10.1 Å². The van der Waals surface area contributed by atoms with Gasteiger partial charge in [0.25, 0.3) is 11.7 Å². The Morgan fingerprint density at radius 2 is 1.57 bits per heavy atom. The van der Waals surface area contributed by atoms with E-state index < -0.39 is 0 Å². The SMILES string of the molecule is Cc1sc(NC(=O)c2ccccc2)c([C@H](Nc2cccc[nH+]2)c2ccccc2)c1C. The third-order valence-corrected chi connectivity index (χ3v) is 6.26. The lowest BCUT2D eigenvalue weighted by molar-refractivity contribution is -0.361. The zero-order valence-electron chi connectivity index (χ0n) is 17.0. The number of aromatic nitrogens is 1. The van der Waals surface area contributed by atoms with Gasteiger partial charge in [0.1, 0.15) is 11.0 Å². The van der Waals surface area contributed by atoms with Crippen molar-refractivity contribution in [1.82, 2.24) is 0 Å². The van der Waals surface area contributed by atoms with E-state index in [4.69, 9.17) is 0 Å². The zero-order chi connectivity index (χ0) is 20.9. The number of benzene rings is 2. The van der Waals surface area contributed by atoms with Crippen LogP contribution < -0.4 is 15.6 Å². The van der Waals surface area contributed by atoms with Crippen molar-refractivity contribution >= 4 is 28.1 Å². The van der Waals surface area contributed by atoms with Crippen LogP contribution in [0.5, 0.6) is 0 Å². The Balaban J connectivity index is 1.76. The Labute approximate surface area is 180 Å². The van der Waals surface area contributed by atoms with Gasteiger partial charge in [-0.15, -0.1) is 11.3 Å². The summed E-state index contributed by atoms with van der Waals surface area (Å²) in [6.07, 6.45) is 1.90. The van der Waals surface area contributed by atoms with Crippen LogP contribution in [0.4, 0.5) is 10.8 Å². The number of carbonyl (C=O) groups is 1. The zero-order valence-corrected chi connectivity index (χ0v) is 17.8. The molecule has 4 rings (SSSR count). The predicted octanol–water partition coefficient (Wildman–Crippen LogP) is 5.63. The molecule has 2 aromatic heterocycles. The highest BCUT2D eigenvalue weighted by molar-refractivity contribution is 7.16. The van der Waals surface area contributed by atoms with Gasteiger partial charge in [0.05, 0.1) is 6.20 Å². The van der Waals surface area contributed by atoms with Crippen molar-refractivity contribution in [3.63, 3.8) is 0 Å². The number of nitrogens with one attached hydrogen (secondary N) is 3. The molecule has 0 spiro atoms. The van der Waals surface area contributed by atoms with Crippen molar-refractivity contribution in [3.05, 3.63) is 112 Å². The number of hydrogen-bond donors (Lipinski definition) is 2. The summed E-state index contributed by atoms with van der Waals surface area (Å²) in [6.45, 7) is 4.21. The second kappa shape index (κ2) is 8.93. The first-order valence-electron chi connectivity index (χ1n) is 9.88. The standard InChI is InChI=1S/C25H23N3OS/c1-17-18(2)30-25(28-24(29)20-13-7-4-8-14-20)22(17)23(19-11-5-3-6-12-19)27-21-15-9-10-16-26-21/h3-16,23H,1-2H3,(H,26,27)(H,28,29)/p+1/t23-/m1/s1. The van der Waals surface area contributed by atoms with E-state index >= 15 is 0 Å². The van der Waals surface area contributed by atoms with Gasteiger partial charge in [-0.2, -0.15) is 0 Å². The van der Waals surface area contributed by atoms with E-state index in [-0.39, 0.29) is 11.9 Å². The van der Waals surface area contributed by atoms with E-state index in [9.17, 15) is 4.79 Å². The molecule has 0 aliphatic heterocycles. The van der Waals surface area contributed by atoms with Gasteiger partial charge in [0.2, 0.25) is 0 Å². The molecule has 0 aliphatic rings. The number of carbonyl (C=O) groups excluding carboxylic acids is 1. The fourth-order valence-corrected chi connectivity index (χ4v) is 4.55. The highest BCUT2D eigenvalue weighted by Gasteiger charge is 2.28. The second-order valence-electron chi connectivity index (χ2n) is 7.11. The van der Waals surface area contributed by atoms with Crippen LogP contribution in [0.3, 0.4) is 0 Å². The molecule has 4 nitrogen and oxygen atoms in total. The lowest BCUT2D eigenvalue weighted by Crippen LogP contribution is -2.21. The number of amides is 1. The Morgan fingerprint density at radius 3 is 2.23 bits per heavy atom. The summed E-state index contributed by atoms with van der Waals surface area (Å²) >= 11 is 1.62. The molecule has 1 amide bonds. The number of rotatable bonds is 6. The Morgan fingerprint density at radius 1 is 0.900 bits per heavy atom. The molecular weight excluding hydrogens is 390 g/mol. The fourth-order valence-electron chi connectivity index (χ4n) is 3.46. The molecular formula is C25H24N3OS+. The van der Waals surface area contributed by atoms with Crippen molar-refractivity contribution in [1.29, 1.82) is 0 Å². The van der Waals surface area contributed by atoms with E-state index in [1.807, 2.05) is 72.9 Å².